The van der Waals surface area contributed by atoms with Crippen LogP contribution >= 0.6 is 11.3 Å². The topological polar surface area (TPSA) is 101 Å². The minimum atomic E-state index is -3.79. The van der Waals surface area contributed by atoms with E-state index in [1.54, 1.807) is 12.1 Å². The highest BCUT2D eigenvalue weighted by atomic mass is 32.2. The molecule has 0 unspecified atom stereocenters. The van der Waals surface area contributed by atoms with Gasteiger partial charge in [0.2, 0.25) is 5.88 Å². The fourth-order valence-corrected chi connectivity index (χ4v) is 3.87. The number of aryl methyl sites for hydroxylation is 1. The maximum Gasteiger partial charge on any atom is 0.306 e. The molecule has 0 atom stereocenters. The zero-order valence-corrected chi connectivity index (χ0v) is 12.5. The van der Waals surface area contributed by atoms with Crippen LogP contribution in [0, 0.1) is 6.92 Å². The highest BCUT2D eigenvalue weighted by molar-refractivity contribution is 7.94. The van der Waals surface area contributed by atoms with Crippen molar-refractivity contribution < 1.29 is 13.2 Å². The van der Waals surface area contributed by atoms with E-state index in [0.717, 1.165) is 0 Å². The van der Waals surface area contributed by atoms with Crippen LogP contribution in [0.5, 0.6) is 5.88 Å². The van der Waals surface area contributed by atoms with Crippen molar-refractivity contribution in [1.82, 2.24) is 9.97 Å². The van der Waals surface area contributed by atoms with E-state index in [0.29, 0.717) is 35.2 Å². The smallest absolute Gasteiger partial charge is 0.306 e. The number of nitrogens with zero attached hydrogens (tertiary/aromatic N) is 1. The molecular formula is C11H13N3O4S2. The van der Waals surface area contributed by atoms with Crippen LogP contribution in [-0.2, 0) is 10.0 Å². The normalized spacial score (nSPS) is 11.3. The number of aromatic amines is 1. The van der Waals surface area contributed by atoms with Crippen LogP contribution in [0.3, 0.4) is 0 Å². The van der Waals surface area contributed by atoms with Crippen LogP contribution in [0.4, 0.5) is 5.69 Å². The number of aromatic nitrogens is 2. The summed E-state index contributed by atoms with van der Waals surface area (Å²) < 4.78 is 31.8. The van der Waals surface area contributed by atoms with Crippen LogP contribution in [-0.4, -0.2) is 25.0 Å². The molecule has 0 aromatic carbocycles. The van der Waals surface area contributed by atoms with Gasteiger partial charge in [0.15, 0.2) is 4.21 Å². The second-order valence-electron chi connectivity index (χ2n) is 3.85. The SMILES string of the molecule is CCOc1ccc(NS(=O)(=O)c2sc(=O)[nH]c2C)cn1. The Labute approximate surface area is 119 Å². The Morgan fingerprint density at radius 1 is 1.45 bits per heavy atom. The summed E-state index contributed by atoms with van der Waals surface area (Å²) in [4.78, 5) is 17.2. The first-order valence-electron chi connectivity index (χ1n) is 5.74. The quantitative estimate of drug-likeness (QED) is 0.867. The minimum Gasteiger partial charge on any atom is -0.478 e. The van der Waals surface area contributed by atoms with E-state index in [1.165, 1.54) is 13.1 Å². The van der Waals surface area contributed by atoms with E-state index in [2.05, 4.69) is 14.7 Å². The molecule has 0 spiro atoms. The van der Waals surface area contributed by atoms with Crippen LogP contribution < -0.4 is 14.3 Å². The van der Waals surface area contributed by atoms with Crippen molar-refractivity contribution in [3.05, 3.63) is 33.7 Å². The summed E-state index contributed by atoms with van der Waals surface area (Å²) in [5.41, 5.74) is 0.611. The number of thiazole rings is 1. The van der Waals surface area contributed by atoms with Gasteiger partial charge in [0.25, 0.3) is 10.0 Å². The van der Waals surface area contributed by atoms with Crippen LogP contribution in [0.25, 0.3) is 0 Å². The zero-order valence-electron chi connectivity index (χ0n) is 10.8. The van der Waals surface area contributed by atoms with E-state index in [-0.39, 0.29) is 4.21 Å². The van der Waals surface area contributed by atoms with E-state index in [1.807, 2.05) is 6.92 Å². The van der Waals surface area contributed by atoms with Gasteiger partial charge in [-0.3, -0.25) is 9.52 Å². The molecular weight excluding hydrogens is 302 g/mol. The zero-order chi connectivity index (χ0) is 14.8. The first-order valence-corrected chi connectivity index (χ1v) is 8.03. The number of nitrogens with one attached hydrogen (secondary N) is 2. The molecule has 0 saturated heterocycles. The molecule has 2 N–H and O–H groups in total. The Kier molecular flexibility index (Phi) is 4.09. The van der Waals surface area contributed by atoms with E-state index in [9.17, 15) is 13.2 Å². The molecule has 0 aliphatic heterocycles. The van der Waals surface area contributed by atoms with Gasteiger partial charge in [-0.1, -0.05) is 11.3 Å². The molecule has 0 aliphatic rings. The number of pyridine rings is 1. The van der Waals surface area contributed by atoms with Crippen LogP contribution in [0.2, 0.25) is 0 Å². The lowest BCUT2D eigenvalue weighted by molar-refractivity contribution is 0.327. The summed E-state index contributed by atoms with van der Waals surface area (Å²) in [6.07, 6.45) is 1.35. The standard InChI is InChI=1S/C11H13N3O4S2/c1-3-18-9-5-4-8(6-12-9)14-20(16,17)10-7(2)13-11(15)19-10/h4-6,14H,3H2,1-2H3,(H,13,15). The third-order valence-electron chi connectivity index (χ3n) is 2.31. The lowest BCUT2D eigenvalue weighted by atomic mass is 10.4. The highest BCUT2D eigenvalue weighted by Crippen LogP contribution is 2.20. The monoisotopic (exact) mass is 315 g/mol. The Bertz CT molecular complexity index is 747. The molecule has 0 bridgehead atoms. The molecule has 2 aromatic heterocycles. The van der Waals surface area contributed by atoms with E-state index in [4.69, 9.17) is 4.74 Å². The number of rotatable bonds is 5. The first kappa shape index (κ1) is 14.5. The first-order chi connectivity index (χ1) is 9.42. The van der Waals surface area contributed by atoms with Crippen LogP contribution in [0.1, 0.15) is 12.6 Å². The fraction of sp³-hybridized carbons (Fsp3) is 0.273. The number of hydrogen-bond donors (Lipinski definition) is 2. The molecule has 0 fully saturated rings. The summed E-state index contributed by atoms with van der Waals surface area (Å²) in [5.74, 6) is 0.415. The third-order valence-corrected chi connectivity index (χ3v) is 5.29. The summed E-state index contributed by atoms with van der Waals surface area (Å²) in [5, 5.41) is 0. The molecule has 0 radical (unpaired) electrons. The van der Waals surface area contributed by atoms with Gasteiger partial charge in [-0.2, -0.15) is 0 Å². The summed E-state index contributed by atoms with van der Waals surface area (Å²) in [6, 6.07) is 3.11. The molecule has 2 rings (SSSR count). The maximum atomic E-state index is 12.1. The fourth-order valence-electron chi connectivity index (χ4n) is 1.52. The third kappa shape index (κ3) is 3.17. The number of sulfonamides is 1. The molecule has 108 valence electrons. The second-order valence-corrected chi connectivity index (χ2v) is 6.71. The summed E-state index contributed by atoms with van der Waals surface area (Å²) >= 11 is 0.645. The van der Waals surface area contributed by atoms with Crippen molar-refractivity contribution >= 4 is 27.0 Å². The largest absolute Gasteiger partial charge is 0.478 e. The minimum absolute atomic E-state index is 0.0311. The Hall–Kier alpha value is -1.87. The lowest BCUT2D eigenvalue weighted by Gasteiger charge is -2.07. The molecule has 0 amide bonds. The summed E-state index contributed by atoms with van der Waals surface area (Å²) in [7, 11) is -3.79. The average Bonchev–Trinajstić information content (AvgIpc) is 2.72. The van der Waals surface area contributed by atoms with Gasteiger partial charge < -0.3 is 9.72 Å². The highest BCUT2D eigenvalue weighted by Gasteiger charge is 2.20. The maximum absolute atomic E-state index is 12.1. The van der Waals surface area contributed by atoms with Crippen molar-refractivity contribution in [3.63, 3.8) is 0 Å². The molecule has 2 heterocycles. The van der Waals surface area contributed by atoms with Crippen molar-refractivity contribution in [3.8, 4) is 5.88 Å². The van der Waals surface area contributed by atoms with Gasteiger partial charge in [-0.15, -0.1) is 0 Å². The van der Waals surface area contributed by atoms with Gasteiger partial charge >= 0.3 is 4.87 Å². The number of ether oxygens (including phenoxy) is 1. The predicted octanol–water partition coefficient (Wildman–Crippen LogP) is 1.34. The van der Waals surface area contributed by atoms with Gasteiger partial charge in [0, 0.05) is 11.8 Å². The van der Waals surface area contributed by atoms with Crippen LogP contribution in [0.15, 0.2) is 27.3 Å². The van der Waals surface area contributed by atoms with Crippen molar-refractivity contribution in [2.45, 2.75) is 18.1 Å². The van der Waals surface area contributed by atoms with Gasteiger partial charge in [0.1, 0.15) is 0 Å². The predicted molar refractivity (Wildman–Crippen MR) is 75.9 cm³/mol. The number of H-pyrrole nitrogens is 1. The number of hydrogen-bond acceptors (Lipinski definition) is 6. The van der Waals surface area contributed by atoms with Gasteiger partial charge in [-0.05, 0) is 19.9 Å². The van der Waals surface area contributed by atoms with E-state index >= 15 is 0 Å². The average molecular weight is 315 g/mol. The Morgan fingerprint density at radius 2 is 2.20 bits per heavy atom. The Morgan fingerprint density at radius 3 is 2.70 bits per heavy atom. The van der Waals surface area contributed by atoms with Crippen molar-refractivity contribution in [2.24, 2.45) is 0 Å². The molecule has 0 aliphatic carbocycles. The molecule has 7 nitrogen and oxygen atoms in total. The van der Waals surface area contributed by atoms with E-state index < -0.39 is 14.9 Å². The molecule has 2 aromatic rings. The number of anilines is 1. The second kappa shape index (κ2) is 5.63. The van der Waals surface area contributed by atoms with Crippen molar-refractivity contribution in [2.75, 3.05) is 11.3 Å². The molecule has 9 heteroatoms. The van der Waals surface area contributed by atoms with Gasteiger partial charge in [-0.25, -0.2) is 13.4 Å². The van der Waals surface area contributed by atoms with Crippen molar-refractivity contribution in [1.29, 1.82) is 0 Å². The lowest BCUT2D eigenvalue weighted by Crippen LogP contribution is -2.13. The summed E-state index contributed by atoms with van der Waals surface area (Å²) in [6.45, 7) is 3.84. The Balaban J connectivity index is 2.24. The van der Waals surface area contributed by atoms with Gasteiger partial charge in [0.05, 0.1) is 18.5 Å². The molecule has 0 saturated carbocycles. The molecule has 20 heavy (non-hydrogen) atoms.